The Kier molecular flexibility index (Phi) is 2.14. The Hall–Kier alpha value is -2.28. The molecular weight excluding hydrogens is 190 g/mol. The Balaban J connectivity index is 2.48. The molecular formula is C11H9N3O. The maximum atomic E-state index is 11.6. The average Bonchev–Trinajstić information content (AvgIpc) is 2.27. The molecule has 2 rings (SSSR count). The molecule has 74 valence electrons. The Labute approximate surface area is 87.2 Å². The van der Waals surface area contributed by atoms with Crippen LogP contribution in [0.4, 0.5) is 11.4 Å². The highest BCUT2D eigenvalue weighted by molar-refractivity contribution is 6.11. The molecule has 15 heavy (non-hydrogen) atoms. The van der Waals surface area contributed by atoms with E-state index in [9.17, 15) is 4.79 Å². The summed E-state index contributed by atoms with van der Waals surface area (Å²) >= 11 is 0. The van der Waals surface area contributed by atoms with Crippen molar-refractivity contribution in [1.29, 1.82) is 5.26 Å². The lowest BCUT2D eigenvalue weighted by atomic mass is 10.1. The summed E-state index contributed by atoms with van der Waals surface area (Å²) in [6.45, 7) is 1.61. The number of anilines is 2. The first-order valence-corrected chi connectivity index (χ1v) is 4.51. The number of nitriles is 1. The molecule has 1 heterocycles. The van der Waals surface area contributed by atoms with Crippen molar-refractivity contribution < 1.29 is 4.79 Å². The fourth-order valence-electron chi connectivity index (χ4n) is 1.40. The third-order valence-corrected chi connectivity index (χ3v) is 2.20. The Morgan fingerprint density at radius 1 is 1.27 bits per heavy atom. The predicted molar refractivity (Wildman–Crippen MR) is 57.0 cm³/mol. The highest BCUT2D eigenvalue weighted by Gasteiger charge is 2.20. The van der Waals surface area contributed by atoms with Gasteiger partial charge in [-0.25, -0.2) is 0 Å². The first-order chi connectivity index (χ1) is 7.22. The van der Waals surface area contributed by atoms with Gasteiger partial charge in [-0.2, -0.15) is 5.26 Å². The van der Waals surface area contributed by atoms with E-state index < -0.39 is 0 Å². The van der Waals surface area contributed by atoms with Gasteiger partial charge in [0.25, 0.3) is 5.91 Å². The number of carbonyl (C=O) groups is 1. The van der Waals surface area contributed by atoms with Gasteiger partial charge in [-0.3, -0.25) is 4.79 Å². The van der Waals surface area contributed by atoms with Crippen molar-refractivity contribution in [3.63, 3.8) is 0 Å². The van der Waals surface area contributed by atoms with Gasteiger partial charge in [0.15, 0.2) is 0 Å². The number of para-hydroxylation sites is 2. The number of allylic oxidation sites excluding steroid dienone is 1. The van der Waals surface area contributed by atoms with Gasteiger partial charge in [0, 0.05) is 0 Å². The van der Waals surface area contributed by atoms with Crippen LogP contribution in [0.25, 0.3) is 0 Å². The van der Waals surface area contributed by atoms with E-state index >= 15 is 0 Å². The van der Waals surface area contributed by atoms with Crippen LogP contribution < -0.4 is 10.6 Å². The molecule has 0 fully saturated rings. The second-order valence-electron chi connectivity index (χ2n) is 3.24. The van der Waals surface area contributed by atoms with Crippen molar-refractivity contribution in [2.75, 3.05) is 10.6 Å². The minimum Gasteiger partial charge on any atom is -0.349 e. The SMILES string of the molecule is C/C(C#N)=C1\Nc2ccccc2NC1=O. The zero-order valence-corrected chi connectivity index (χ0v) is 8.16. The van der Waals surface area contributed by atoms with Gasteiger partial charge in [0.1, 0.15) is 5.70 Å². The summed E-state index contributed by atoms with van der Waals surface area (Å²) < 4.78 is 0. The van der Waals surface area contributed by atoms with Crippen molar-refractivity contribution in [3.8, 4) is 6.07 Å². The molecule has 0 spiro atoms. The zero-order valence-electron chi connectivity index (χ0n) is 8.16. The van der Waals surface area contributed by atoms with Crippen molar-refractivity contribution in [2.24, 2.45) is 0 Å². The maximum absolute atomic E-state index is 11.6. The lowest BCUT2D eigenvalue weighted by molar-refractivity contribution is -0.112. The van der Waals surface area contributed by atoms with E-state index in [0.29, 0.717) is 11.3 Å². The monoisotopic (exact) mass is 199 g/mol. The Morgan fingerprint density at radius 2 is 1.87 bits per heavy atom. The highest BCUT2D eigenvalue weighted by Crippen LogP contribution is 2.27. The molecule has 1 aliphatic rings. The molecule has 0 bridgehead atoms. The molecule has 4 nitrogen and oxygen atoms in total. The van der Waals surface area contributed by atoms with Crippen LogP contribution in [-0.4, -0.2) is 5.91 Å². The normalized spacial score (nSPS) is 16.9. The summed E-state index contributed by atoms with van der Waals surface area (Å²) in [6.07, 6.45) is 0. The fourth-order valence-corrected chi connectivity index (χ4v) is 1.40. The number of benzene rings is 1. The summed E-state index contributed by atoms with van der Waals surface area (Å²) in [5.74, 6) is -0.271. The van der Waals surface area contributed by atoms with E-state index in [-0.39, 0.29) is 5.91 Å². The van der Waals surface area contributed by atoms with Crippen LogP contribution in [0.2, 0.25) is 0 Å². The van der Waals surface area contributed by atoms with Crippen molar-refractivity contribution in [3.05, 3.63) is 35.5 Å². The number of nitrogens with zero attached hydrogens (tertiary/aromatic N) is 1. The highest BCUT2D eigenvalue weighted by atomic mass is 16.2. The van der Waals surface area contributed by atoms with Crippen LogP contribution in [0.1, 0.15) is 6.92 Å². The van der Waals surface area contributed by atoms with Gasteiger partial charge in [-0.15, -0.1) is 0 Å². The maximum Gasteiger partial charge on any atom is 0.273 e. The molecule has 0 aromatic heterocycles. The van der Waals surface area contributed by atoms with Gasteiger partial charge in [-0.1, -0.05) is 12.1 Å². The van der Waals surface area contributed by atoms with Gasteiger partial charge in [-0.05, 0) is 19.1 Å². The van der Waals surface area contributed by atoms with Gasteiger partial charge >= 0.3 is 0 Å². The topological polar surface area (TPSA) is 64.9 Å². The number of fused-ring (bicyclic) bond motifs is 1. The molecule has 0 aliphatic carbocycles. The molecule has 0 saturated heterocycles. The molecule has 1 amide bonds. The minimum absolute atomic E-state index is 0.271. The van der Waals surface area contributed by atoms with E-state index in [1.54, 1.807) is 13.0 Å². The lowest BCUT2D eigenvalue weighted by Crippen LogP contribution is -2.26. The van der Waals surface area contributed by atoms with Crippen molar-refractivity contribution >= 4 is 17.3 Å². The Bertz CT molecular complexity index is 497. The molecule has 0 saturated carbocycles. The van der Waals surface area contributed by atoms with Crippen LogP contribution in [0, 0.1) is 11.3 Å². The summed E-state index contributed by atoms with van der Waals surface area (Å²) in [4.78, 5) is 11.6. The molecule has 0 unspecified atom stereocenters. The van der Waals surface area contributed by atoms with Crippen LogP contribution in [-0.2, 0) is 4.79 Å². The molecule has 1 aliphatic heterocycles. The molecule has 1 aromatic rings. The van der Waals surface area contributed by atoms with Crippen LogP contribution >= 0.6 is 0 Å². The fraction of sp³-hybridized carbons (Fsp3) is 0.0909. The number of nitrogens with one attached hydrogen (secondary N) is 2. The zero-order chi connectivity index (χ0) is 10.8. The van der Waals surface area contributed by atoms with Crippen molar-refractivity contribution in [2.45, 2.75) is 6.92 Å². The van der Waals surface area contributed by atoms with Gasteiger partial charge in [0.2, 0.25) is 0 Å². The Morgan fingerprint density at radius 3 is 2.47 bits per heavy atom. The number of hydrogen-bond acceptors (Lipinski definition) is 3. The van der Waals surface area contributed by atoms with Crippen LogP contribution in [0.3, 0.4) is 0 Å². The summed E-state index contributed by atoms with van der Waals surface area (Å²) in [5.41, 5.74) is 2.23. The molecule has 0 radical (unpaired) electrons. The second-order valence-corrected chi connectivity index (χ2v) is 3.24. The standard InChI is InChI=1S/C11H9N3O/c1-7(6-12)10-11(15)14-9-5-3-2-4-8(9)13-10/h2-5,13H,1H3,(H,14,15)/b10-7+. The van der Waals surface area contributed by atoms with E-state index in [0.717, 1.165) is 11.4 Å². The molecule has 1 aromatic carbocycles. The quantitative estimate of drug-likeness (QED) is 0.495. The number of hydrogen-bond donors (Lipinski definition) is 2. The first kappa shape index (κ1) is 9.28. The van der Waals surface area contributed by atoms with E-state index in [1.807, 2.05) is 24.3 Å². The predicted octanol–water partition coefficient (Wildman–Crippen LogP) is 1.85. The average molecular weight is 199 g/mol. The summed E-state index contributed by atoms with van der Waals surface area (Å²) in [5, 5.41) is 14.4. The molecule has 0 atom stereocenters. The number of rotatable bonds is 0. The third kappa shape index (κ3) is 1.55. The van der Waals surface area contributed by atoms with Crippen LogP contribution in [0.5, 0.6) is 0 Å². The van der Waals surface area contributed by atoms with Crippen LogP contribution in [0.15, 0.2) is 35.5 Å². The third-order valence-electron chi connectivity index (χ3n) is 2.20. The van der Waals surface area contributed by atoms with Gasteiger partial charge < -0.3 is 10.6 Å². The first-order valence-electron chi connectivity index (χ1n) is 4.51. The minimum atomic E-state index is -0.271. The largest absolute Gasteiger partial charge is 0.349 e. The smallest absolute Gasteiger partial charge is 0.273 e. The lowest BCUT2D eigenvalue weighted by Gasteiger charge is -2.21. The summed E-state index contributed by atoms with van der Waals surface area (Å²) in [7, 11) is 0. The molecule has 2 N–H and O–H groups in total. The van der Waals surface area contributed by atoms with E-state index in [4.69, 9.17) is 5.26 Å². The van der Waals surface area contributed by atoms with Gasteiger partial charge in [0.05, 0.1) is 23.0 Å². The van der Waals surface area contributed by atoms with Crippen molar-refractivity contribution in [1.82, 2.24) is 0 Å². The molecule has 4 heteroatoms. The van der Waals surface area contributed by atoms with E-state index in [1.165, 1.54) is 0 Å². The number of amides is 1. The summed E-state index contributed by atoms with van der Waals surface area (Å²) in [6, 6.07) is 9.31. The second kappa shape index (κ2) is 3.46. The number of carbonyl (C=O) groups excluding carboxylic acids is 1. The van der Waals surface area contributed by atoms with E-state index in [2.05, 4.69) is 10.6 Å².